The topological polar surface area (TPSA) is 46.5 Å². The van der Waals surface area contributed by atoms with Crippen LogP contribution in [0.4, 0.5) is 0 Å². The van der Waals surface area contributed by atoms with E-state index in [1.165, 1.54) is 0 Å². The summed E-state index contributed by atoms with van der Waals surface area (Å²) in [6, 6.07) is 5.55. The minimum atomic E-state index is -1.02. The zero-order valence-electron chi connectivity index (χ0n) is 9.37. The summed E-state index contributed by atoms with van der Waals surface area (Å²) in [5.41, 5.74) is -0.0948. The van der Waals surface area contributed by atoms with Gasteiger partial charge in [0.2, 0.25) is 0 Å². The highest BCUT2D eigenvalue weighted by Crippen LogP contribution is 2.26. The number of carbonyl (C=O) groups excluding carboxylic acids is 1. The molecular formula is C12H15BrO3. The standard InChI is InChI=1S/C12H15BrO3/c1-12(15,5-6-14)8-9-7-10(16-2)3-4-11(9)13/h3-4,6-7,15H,5,8H2,1-2H3. The van der Waals surface area contributed by atoms with Crippen LogP contribution in [0.5, 0.6) is 5.75 Å². The normalized spacial score (nSPS) is 14.2. The van der Waals surface area contributed by atoms with Gasteiger partial charge in [0.1, 0.15) is 12.0 Å². The molecule has 0 fully saturated rings. The minimum absolute atomic E-state index is 0.122. The Balaban J connectivity index is 2.91. The SMILES string of the molecule is COc1ccc(Br)c(CC(C)(O)CC=O)c1. The third-order valence-corrected chi connectivity index (χ3v) is 3.12. The summed E-state index contributed by atoms with van der Waals surface area (Å²) in [6.45, 7) is 1.65. The second-order valence-corrected chi connectivity index (χ2v) is 4.86. The van der Waals surface area contributed by atoms with Gasteiger partial charge in [-0.3, -0.25) is 0 Å². The summed E-state index contributed by atoms with van der Waals surface area (Å²) in [4.78, 5) is 10.4. The second kappa shape index (κ2) is 5.46. The number of methoxy groups -OCH3 is 1. The van der Waals surface area contributed by atoms with Crippen LogP contribution in [0.25, 0.3) is 0 Å². The summed E-state index contributed by atoms with van der Waals surface area (Å²) in [5, 5.41) is 9.96. The van der Waals surface area contributed by atoms with E-state index in [2.05, 4.69) is 15.9 Å². The number of benzene rings is 1. The van der Waals surface area contributed by atoms with Crippen LogP contribution < -0.4 is 4.74 Å². The van der Waals surface area contributed by atoms with Gasteiger partial charge in [-0.25, -0.2) is 0 Å². The number of carbonyl (C=O) groups is 1. The Labute approximate surface area is 104 Å². The lowest BCUT2D eigenvalue weighted by molar-refractivity contribution is -0.111. The summed E-state index contributed by atoms with van der Waals surface area (Å²) in [6.07, 6.45) is 1.26. The third-order valence-electron chi connectivity index (χ3n) is 2.35. The predicted molar refractivity (Wildman–Crippen MR) is 65.7 cm³/mol. The van der Waals surface area contributed by atoms with Gasteiger partial charge >= 0.3 is 0 Å². The molecule has 0 spiro atoms. The van der Waals surface area contributed by atoms with E-state index in [0.717, 1.165) is 22.1 Å². The lowest BCUT2D eigenvalue weighted by Crippen LogP contribution is -2.27. The van der Waals surface area contributed by atoms with E-state index in [9.17, 15) is 9.90 Å². The quantitative estimate of drug-likeness (QED) is 0.845. The molecular weight excluding hydrogens is 272 g/mol. The van der Waals surface area contributed by atoms with Gasteiger partial charge in [-0.2, -0.15) is 0 Å². The number of aliphatic hydroxyl groups is 1. The lowest BCUT2D eigenvalue weighted by Gasteiger charge is -2.21. The van der Waals surface area contributed by atoms with E-state index in [1.807, 2.05) is 18.2 Å². The fourth-order valence-corrected chi connectivity index (χ4v) is 1.86. The van der Waals surface area contributed by atoms with Crippen LogP contribution in [-0.4, -0.2) is 24.1 Å². The molecule has 0 aliphatic carbocycles. The van der Waals surface area contributed by atoms with E-state index >= 15 is 0 Å². The van der Waals surface area contributed by atoms with Crippen LogP contribution in [-0.2, 0) is 11.2 Å². The van der Waals surface area contributed by atoms with Crippen LogP contribution in [0.1, 0.15) is 18.9 Å². The van der Waals surface area contributed by atoms with Crippen LogP contribution >= 0.6 is 15.9 Å². The number of hydrogen-bond donors (Lipinski definition) is 1. The van der Waals surface area contributed by atoms with Crippen molar-refractivity contribution in [2.45, 2.75) is 25.4 Å². The van der Waals surface area contributed by atoms with Gasteiger partial charge in [0.05, 0.1) is 12.7 Å². The highest BCUT2D eigenvalue weighted by Gasteiger charge is 2.21. The van der Waals surface area contributed by atoms with E-state index in [0.29, 0.717) is 6.42 Å². The largest absolute Gasteiger partial charge is 0.497 e. The molecule has 1 aromatic carbocycles. The molecule has 0 saturated carbocycles. The smallest absolute Gasteiger partial charge is 0.122 e. The first-order valence-electron chi connectivity index (χ1n) is 4.97. The number of hydrogen-bond acceptors (Lipinski definition) is 3. The number of aldehydes is 1. The van der Waals surface area contributed by atoms with Crippen molar-refractivity contribution in [1.82, 2.24) is 0 Å². The highest BCUT2D eigenvalue weighted by atomic mass is 79.9. The zero-order chi connectivity index (χ0) is 12.2. The molecule has 1 unspecified atom stereocenters. The summed E-state index contributed by atoms with van der Waals surface area (Å²) < 4.78 is 6.01. The molecule has 88 valence electrons. The summed E-state index contributed by atoms with van der Waals surface area (Å²) >= 11 is 3.41. The molecule has 4 heteroatoms. The maximum atomic E-state index is 10.4. The van der Waals surface area contributed by atoms with Gasteiger partial charge in [-0.15, -0.1) is 0 Å². The Bertz CT molecular complexity index is 375. The van der Waals surface area contributed by atoms with Gasteiger partial charge in [0.25, 0.3) is 0 Å². The van der Waals surface area contributed by atoms with Gasteiger partial charge in [-0.05, 0) is 30.7 Å². The average Bonchev–Trinajstić information content (AvgIpc) is 2.21. The Morgan fingerprint density at radius 2 is 2.25 bits per heavy atom. The van der Waals surface area contributed by atoms with Crippen LogP contribution in [0.15, 0.2) is 22.7 Å². The van der Waals surface area contributed by atoms with Crippen molar-refractivity contribution in [2.75, 3.05) is 7.11 Å². The van der Waals surface area contributed by atoms with Crippen molar-refractivity contribution in [1.29, 1.82) is 0 Å². The van der Waals surface area contributed by atoms with Crippen molar-refractivity contribution in [3.8, 4) is 5.75 Å². The molecule has 1 N–H and O–H groups in total. The lowest BCUT2D eigenvalue weighted by atomic mass is 9.94. The first-order valence-corrected chi connectivity index (χ1v) is 5.76. The second-order valence-electron chi connectivity index (χ2n) is 4.00. The van der Waals surface area contributed by atoms with Gasteiger partial charge in [0.15, 0.2) is 0 Å². The predicted octanol–water partition coefficient (Wildman–Crippen LogP) is 2.34. The number of rotatable bonds is 5. The maximum absolute atomic E-state index is 10.4. The van der Waals surface area contributed by atoms with Crippen molar-refractivity contribution >= 4 is 22.2 Å². The van der Waals surface area contributed by atoms with E-state index in [4.69, 9.17) is 4.74 Å². The monoisotopic (exact) mass is 286 g/mol. The molecule has 16 heavy (non-hydrogen) atoms. The van der Waals surface area contributed by atoms with Crippen molar-refractivity contribution < 1.29 is 14.6 Å². The molecule has 0 amide bonds. The molecule has 0 aromatic heterocycles. The van der Waals surface area contributed by atoms with Crippen molar-refractivity contribution in [2.24, 2.45) is 0 Å². The van der Waals surface area contributed by atoms with Crippen LogP contribution in [0.3, 0.4) is 0 Å². The fraction of sp³-hybridized carbons (Fsp3) is 0.417. The first-order chi connectivity index (χ1) is 7.48. The minimum Gasteiger partial charge on any atom is -0.497 e. The highest BCUT2D eigenvalue weighted by molar-refractivity contribution is 9.10. The average molecular weight is 287 g/mol. The summed E-state index contributed by atoms with van der Waals surface area (Å²) in [7, 11) is 1.59. The van der Waals surface area contributed by atoms with Gasteiger partial charge in [-0.1, -0.05) is 15.9 Å². The van der Waals surface area contributed by atoms with Crippen molar-refractivity contribution in [3.63, 3.8) is 0 Å². The maximum Gasteiger partial charge on any atom is 0.122 e. The van der Waals surface area contributed by atoms with E-state index in [-0.39, 0.29) is 6.42 Å². The molecule has 3 nitrogen and oxygen atoms in total. The third kappa shape index (κ3) is 3.61. The molecule has 0 radical (unpaired) electrons. The molecule has 0 aliphatic heterocycles. The van der Waals surface area contributed by atoms with Gasteiger partial charge < -0.3 is 14.6 Å². The van der Waals surface area contributed by atoms with E-state index < -0.39 is 5.60 Å². The Kier molecular flexibility index (Phi) is 4.50. The Hall–Kier alpha value is -0.870. The molecule has 0 aliphatic rings. The first kappa shape index (κ1) is 13.2. The van der Waals surface area contributed by atoms with Crippen LogP contribution in [0.2, 0.25) is 0 Å². The molecule has 0 bridgehead atoms. The molecule has 1 rings (SSSR count). The van der Waals surface area contributed by atoms with Crippen molar-refractivity contribution in [3.05, 3.63) is 28.2 Å². The van der Waals surface area contributed by atoms with Gasteiger partial charge in [0, 0.05) is 17.3 Å². The number of halogens is 1. The van der Waals surface area contributed by atoms with Crippen LogP contribution in [0, 0.1) is 0 Å². The Morgan fingerprint density at radius 3 is 2.81 bits per heavy atom. The molecule has 1 atom stereocenters. The molecule has 1 aromatic rings. The molecule has 0 heterocycles. The zero-order valence-corrected chi connectivity index (χ0v) is 11.0. The fourth-order valence-electron chi connectivity index (χ4n) is 1.48. The summed E-state index contributed by atoms with van der Waals surface area (Å²) in [5.74, 6) is 0.736. The molecule has 0 saturated heterocycles. The van der Waals surface area contributed by atoms with E-state index in [1.54, 1.807) is 14.0 Å². The number of ether oxygens (including phenoxy) is 1. The Morgan fingerprint density at radius 1 is 1.56 bits per heavy atom.